The molecule has 1 aliphatic heterocycles. The van der Waals surface area contributed by atoms with Gasteiger partial charge in [0.2, 0.25) is 5.91 Å². The lowest BCUT2D eigenvalue weighted by molar-refractivity contribution is -0.298. The van der Waals surface area contributed by atoms with Gasteiger partial charge in [0.15, 0.2) is 6.29 Å². The molecule has 0 aromatic carbocycles. The van der Waals surface area contributed by atoms with E-state index >= 15 is 0 Å². The molecule has 7 atom stereocenters. The van der Waals surface area contributed by atoms with Crippen molar-refractivity contribution in [3.8, 4) is 0 Å². The Morgan fingerprint density at radius 1 is 0.714 bits per heavy atom. The first-order valence-electron chi connectivity index (χ1n) is 22.2. The molecule has 13 heteroatoms. The number of ether oxygens (including phenoxy) is 2. The third kappa shape index (κ3) is 27.3. The van der Waals surface area contributed by atoms with Crippen LogP contribution < -0.4 is 5.32 Å². The van der Waals surface area contributed by atoms with Gasteiger partial charge in [0, 0.05) is 6.42 Å². The molecule has 1 saturated heterocycles. The van der Waals surface area contributed by atoms with Crippen molar-refractivity contribution in [3.63, 3.8) is 0 Å². The average Bonchev–Trinajstić information content (AvgIpc) is 3.16. The predicted molar refractivity (Wildman–Crippen MR) is 222 cm³/mol. The summed E-state index contributed by atoms with van der Waals surface area (Å²) >= 11 is 0. The maximum atomic E-state index is 13.0. The van der Waals surface area contributed by atoms with E-state index < -0.39 is 59.9 Å². The van der Waals surface area contributed by atoms with Crippen LogP contribution in [0.3, 0.4) is 0 Å². The van der Waals surface area contributed by atoms with E-state index in [1.165, 1.54) is 83.5 Å². The summed E-state index contributed by atoms with van der Waals surface area (Å²) in [5, 5.41) is 44.8. The fourth-order valence-electron chi connectivity index (χ4n) is 7.04. The van der Waals surface area contributed by atoms with Crippen molar-refractivity contribution >= 4 is 16.3 Å². The molecule has 1 aliphatic rings. The van der Waals surface area contributed by atoms with Gasteiger partial charge in [0.1, 0.15) is 24.4 Å². The Labute approximate surface area is 340 Å². The summed E-state index contributed by atoms with van der Waals surface area (Å²) in [6, 6.07) is -0.861. The number of hydrogen-bond donors (Lipinski definition) is 6. The summed E-state index contributed by atoms with van der Waals surface area (Å²) in [5.41, 5.74) is 0. The minimum Gasteiger partial charge on any atom is -0.394 e. The topological polar surface area (TPSA) is 192 Å². The highest BCUT2D eigenvalue weighted by Gasteiger charge is 2.48. The lowest BCUT2D eigenvalue weighted by Gasteiger charge is -2.41. The zero-order valence-corrected chi connectivity index (χ0v) is 35.8. The van der Waals surface area contributed by atoms with Gasteiger partial charge < -0.3 is 35.2 Å². The standard InChI is InChI=1S/C43H81NO11S/c1-3-5-7-9-11-13-15-17-19-21-23-25-27-29-31-33-39(47)44-36(35-53-43-41(49)42(55-56(50,51)52)40(48)38(34-45)54-43)37(46)32-30-28-26-24-22-20-18-16-14-12-10-8-6-4-2/h11,13,15,17,36-38,40-43,45-46,48-49H,3-10,12,14,16,18-35H2,1-2H3,(H,44,47)(H,50,51,52)/b13-11-,17-15-. The third-order valence-electron chi connectivity index (χ3n) is 10.5. The van der Waals surface area contributed by atoms with E-state index in [1.807, 2.05) is 0 Å². The molecule has 0 aromatic rings. The number of amides is 1. The second kappa shape index (κ2) is 34.4. The Balaban J connectivity index is 2.54. The molecule has 0 aliphatic carbocycles. The monoisotopic (exact) mass is 820 g/mol. The van der Waals surface area contributed by atoms with Crippen molar-refractivity contribution in [2.75, 3.05) is 13.2 Å². The molecular weight excluding hydrogens is 739 g/mol. The van der Waals surface area contributed by atoms with Crippen LogP contribution in [0.1, 0.15) is 187 Å². The molecule has 0 spiro atoms. The molecule has 1 fully saturated rings. The Hall–Kier alpha value is -1.42. The minimum absolute atomic E-state index is 0.243. The second-order valence-electron chi connectivity index (χ2n) is 15.7. The van der Waals surface area contributed by atoms with Gasteiger partial charge >= 0.3 is 10.4 Å². The lowest BCUT2D eigenvalue weighted by Crippen LogP contribution is -2.61. The maximum Gasteiger partial charge on any atom is 0.397 e. The van der Waals surface area contributed by atoms with Crippen LogP contribution in [0.25, 0.3) is 0 Å². The van der Waals surface area contributed by atoms with Crippen molar-refractivity contribution < 1.29 is 51.8 Å². The summed E-state index contributed by atoms with van der Waals surface area (Å²) in [6.07, 6.45) is 28.9. The van der Waals surface area contributed by atoms with Gasteiger partial charge in [0.25, 0.3) is 0 Å². The number of aliphatic hydroxyl groups is 4. The van der Waals surface area contributed by atoms with Crippen molar-refractivity contribution in [1.82, 2.24) is 5.32 Å². The Bertz CT molecular complexity index is 1110. The van der Waals surface area contributed by atoms with E-state index in [9.17, 15) is 33.6 Å². The number of aliphatic hydroxyl groups excluding tert-OH is 4. The smallest absolute Gasteiger partial charge is 0.394 e. The molecule has 6 N–H and O–H groups in total. The van der Waals surface area contributed by atoms with Crippen LogP contribution in [0, 0.1) is 0 Å². The van der Waals surface area contributed by atoms with Crippen LogP contribution in [-0.4, -0.2) is 95.4 Å². The summed E-state index contributed by atoms with van der Waals surface area (Å²) in [5.74, 6) is -0.243. The lowest BCUT2D eigenvalue weighted by atomic mass is 9.99. The molecule has 7 unspecified atom stereocenters. The van der Waals surface area contributed by atoms with E-state index in [4.69, 9.17) is 14.0 Å². The zero-order chi connectivity index (χ0) is 41.3. The minimum atomic E-state index is -5.07. The summed E-state index contributed by atoms with van der Waals surface area (Å²) in [6.45, 7) is 3.40. The van der Waals surface area contributed by atoms with Crippen LogP contribution in [0.5, 0.6) is 0 Å². The molecule has 330 valence electrons. The van der Waals surface area contributed by atoms with Crippen LogP contribution in [-0.2, 0) is 28.9 Å². The molecule has 1 rings (SSSR count). The van der Waals surface area contributed by atoms with Gasteiger partial charge in [-0.1, -0.05) is 167 Å². The highest BCUT2D eigenvalue weighted by molar-refractivity contribution is 7.80. The molecule has 12 nitrogen and oxygen atoms in total. The predicted octanol–water partition coefficient (Wildman–Crippen LogP) is 8.16. The third-order valence-corrected chi connectivity index (χ3v) is 11.0. The van der Waals surface area contributed by atoms with E-state index in [0.29, 0.717) is 12.8 Å². The molecule has 0 aromatic heterocycles. The molecule has 0 bridgehead atoms. The van der Waals surface area contributed by atoms with Crippen molar-refractivity contribution in [1.29, 1.82) is 0 Å². The van der Waals surface area contributed by atoms with Gasteiger partial charge in [-0.2, -0.15) is 8.42 Å². The van der Waals surface area contributed by atoms with Crippen LogP contribution in [0.4, 0.5) is 0 Å². The number of unbranched alkanes of at least 4 members (excludes halogenated alkanes) is 22. The number of nitrogens with one attached hydrogen (secondary N) is 1. The highest BCUT2D eigenvalue weighted by Crippen LogP contribution is 2.26. The fourth-order valence-corrected chi connectivity index (χ4v) is 7.55. The van der Waals surface area contributed by atoms with Crippen LogP contribution in [0.2, 0.25) is 0 Å². The van der Waals surface area contributed by atoms with E-state index in [1.54, 1.807) is 0 Å². The van der Waals surface area contributed by atoms with E-state index in [0.717, 1.165) is 70.6 Å². The van der Waals surface area contributed by atoms with Crippen molar-refractivity contribution in [2.24, 2.45) is 0 Å². The first-order chi connectivity index (χ1) is 27.0. The molecule has 0 radical (unpaired) electrons. The Morgan fingerprint density at radius 2 is 1.18 bits per heavy atom. The summed E-state index contributed by atoms with van der Waals surface area (Å²) < 4.78 is 47.6. The van der Waals surface area contributed by atoms with Gasteiger partial charge in [-0.3, -0.25) is 9.35 Å². The number of rotatable bonds is 37. The van der Waals surface area contributed by atoms with Crippen LogP contribution in [0.15, 0.2) is 24.3 Å². The molecule has 1 heterocycles. The van der Waals surface area contributed by atoms with Gasteiger partial charge in [0.05, 0.1) is 25.4 Å². The SMILES string of the molecule is CCCCC/C=C\C=C/CCCCCCCCC(=O)NC(COC1OC(CO)C(O)C(OS(=O)(=O)O)C1O)C(O)CCCCCCCCCCCCCCCC. The fraction of sp³-hybridized carbons (Fsp3) is 0.884. The Kier molecular flexibility index (Phi) is 32.4. The zero-order valence-electron chi connectivity index (χ0n) is 35.0. The van der Waals surface area contributed by atoms with Gasteiger partial charge in [-0.05, 0) is 38.5 Å². The first-order valence-corrected chi connectivity index (χ1v) is 23.6. The number of allylic oxidation sites excluding steroid dienone is 4. The van der Waals surface area contributed by atoms with Crippen molar-refractivity contribution in [3.05, 3.63) is 24.3 Å². The first kappa shape index (κ1) is 52.6. The number of carbonyl (C=O) groups is 1. The summed E-state index contributed by atoms with van der Waals surface area (Å²) in [7, 11) is -5.07. The number of hydrogen-bond acceptors (Lipinski definition) is 10. The highest BCUT2D eigenvalue weighted by atomic mass is 32.3. The molecule has 1 amide bonds. The summed E-state index contributed by atoms with van der Waals surface area (Å²) in [4.78, 5) is 13.0. The van der Waals surface area contributed by atoms with E-state index in [2.05, 4.69) is 47.7 Å². The second-order valence-corrected chi connectivity index (χ2v) is 16.7. The quantitative estimate of drug-likeness (QED) is 0.0201. The Morgan fingerprint density at radius 3 is 1.70 bits per heavy atom. The van der Waals surface area contributed by atoms with Crippen molar-refractivity contribution in [2.45, 2.75) is 230 Å². The number of carbonyl (C=O) groups excluding carboxylic acids is 1. The van der Waals surface area contributed by atoms with E-state index in [-0.39, 0.29) is 18.9 Å². The van der Waals surface area contributed by atoms with Gasteiger partial charge in [-0.25, -0.2) is 4.18 Å². The maximum absolute atomic E-state index is 13.0. The molecule has 56 heavy (non-hydrogen) atoms. The molecular formula is C43H81NO11S. The van der Waals surface area contributed by atoms with Gasteiger partial charge in [-0.15, -0.1) is 0 Å². The normalized spacial score (nSPS) is 21.6. The molecule has 0 saturated carbocycles. The van der Waals surface area contributed by atoms with Crippen LogP contribution >= 0.6 is 0 Å². The largest absolute Gasteiger partial charge is 0.397 e. The average molecular weight is 820 g/mol.